The smallest absolute Gasteiger partial charge is 0.120 e. The lowest BCUT2D eigenvalue weighted by molar-refractivity contribution is 0.723. The Morgan fingerprint density at radius 1 is 1.44 bits per heavy atom. The summed E-state index contributed by atoms with van der Waals surface area (Å²) in [5, 5.41) is 0.584. The molecule has 1 aliphatic heterocycles. The maximum absolute atomic E-state index is 5.55. The lowest BCUT2D eigenvalue weighted by Gasteiger charge is -2.11. The summed E-state index contributed by atoms with van der Waals surface area (Å²) in [5.41, 5.74) is 6.45. The fraction of sp³-hybridized carbons (Fsp3) is 0. The Labute approximate surface area is 58.9 Å². The first-order valence-corrected chi connectivity index (χ1v) is 2.92. The average Bonchev–Trinajstić information content (AvgIpc) is 1.90. The summed E-state index contributed by atoms with van der Waals surface area (Å²) in [6.45, 7) is 3.57. The van der Waals surface area contributed by atoms with E-state index in [0.29, 0.717) is 5.16 Å². The Kier molecular flexibility index (Phi) is 1.80. The molecule has 1 heterocycles. The lowest BCUT2D eigenvalue weighted by atomic mass is 10.4. The molecular formula is C6H7ClN2. The fourth-order valence-corrected chi connectivity index (χ4v) is 0.607. The highest BCUT2D eigenvalue weighted by molar-refractivity contribution is 6.29. The van der Waals surface area contributed by atoms with Crippen LogP contribution in [0.15, 0.2) is 35.7 Å². The SMILES string of the molecule is C=CC1=CC=C(Cl)NN1. The minimum absolute atomic E-state index is 0.584. The van der Waals surface area contributed by atoms with Crippen LogP contribution in [-0.2, 0) is 0 Å². The molecule has 1 rings (SSSR count). The first-order valence-electron chi connectivity index (χ1n) is 2.55. The fourth-order valence-electron chi connectivity index (χ4n) is 0.497. The van der Waals surface area contributed by atoms with Gasteiger partial charge in [-0.15, -0.1) is 0 Å². The van der Waals surface area contributed by atoms with Gasteiger partial charge < -0.3 is 5.43 Å². The van der Waals surface area contributed by atoms with Gasteiger partial charge in [0.2, 0.25) is 0 Å². The monoisotopic (exact) mass is 142 g/mol. The second-order valence-corrected chi connectivity index (χ2v) is 2.00. The quantitative estimate of drug-likeness (QED) is 0.539. The first-order chi connectivity index (χ1) is 4.33. The summed E-state index contributed by atoms with van der Waals surface area (Å²) >= 11 is 5.55. The topological polar surface area (TPSA) is 24.1 Å². The Morgan fingerprint density at radius 2 is 2.22 bits per heavy atom. The second kappa shape index (κ2) is 2.60. The number of hydrogen-bond acceptors (Lipinski definition) is 2. The molecule has 0 saturated heterocycles. The van der Waals surface area contributed by atoms with Crippen molar-refractivity contribution in [2.75, 3.05) is 0 Å². The van der Waals surface area contributed by atoms with Crippen molar-refractivity contribution in [2.45, 2.75) is 0 Å². The van der Waals surface area contributed by atoms with Gasteiger partial charge in [0.25, 0.3) is 0 Å². The molecule has 0 unspecified atom stereocenters. The van der Waals surface area contributed by atoms with E-state index in [1.54, 1.807) is 12.2 Å². The van der Waals surface area contributed by atoms with Crippen molar-refractivity contribution >= 4 is 11.6 Å². The lowest BCUT2D eigenvalue weighted by Crippen LogP contribution is -2.29. The van der Waals surface area contributed by atoms with Crippen molar-refractivity contribution in [3.63, 3.8) is 0 Å². The van der Waals surface area contributed by atoms with Crippen LogP contribution < -0.4 is 10.9 Å². The van der Waals surface area contributed by atoms with Gasteiger partial charge in [-0.25, -0.2) is 0 Å². The Hall–Kier alpha value is -0.890. The summed E-state index contributed by atoms with van der Waals surface area (Å²) < 4.78 is 0. The van der Waals surface area contributed by atoms with Crippen molar-refractivity contribution in [3.05, 3.63) is 35.7 Å². The van der Waals surface area contributed by atoms with Crippen molar-refractivity contribution in [2.24, 2.45) is 0 Å². The minimum atomic E-state index is 0.584. The Balaban J connectivity index is 2.69. The highest BCUT2D eigenvalue weighted by atomic mass is 35.5. The molecule has 1 aliphatic rings. The van der Waals surface area contributed by atoms with E-state index in [0.717, 1.165) is 5.70 Å². The minimum Gasteiger partial charge on any atom is -0.300 e. The van der Waals surface area contributed by atoms with Crippen LogP contribution in [0.5, 0.6) is 0 Å². The standard InChI is InChI=1S/C6H7ClN2/c1-2-5-3-4-6(7)9-8-5/h2-4,8-9H,1H2. The van der Waals surface area contributed by atoms with E-state index in [4.69, 9.17) is 11.6 Å². The van der Waals surface area contributed by atoms with Crippen LogP contribution in [0.1, 0.15) is 0 Å². The summed E-state index contributed by atoms with van der Waals surface area (Å²) in [7, 11) is 0. The van der Waals surface area contributed by atoms with E-state index in [-0.39, 0.29) is 0 Å². The molecule has 2 N–H and O–H groups in total. The number of halogens is 1. The maximum atomic E-state index is 5.55. The van der Waals surface area contributed by atoms with Crippen LogP contribution in [0.25, 0.3) is 0 Å². The summed E-state index contributed by atoms with van der Waals surface area (Å²) in [6.07, 6.45) is 5.30. The van der Waals surface area contributed by atoms with Crippen LogP contribution in [0.3, 0.4) is 0 Å². The van der Waals surface area contributed by atoms with Gasteiger partial charge in [-0.05, 0) is 18.2 Å². The highest BCUT2D eigenvalue weighted by Gasteiger charge is 1.95. The second-order valence-electron chi connectivity index (χ2n) is 1.59. The molecule has 0 radical (unpaired) electrons. The molecule has 3 heteroatoms. The zero-order chi connectivity index (χ0) is 6.69. The molecule has 0 spiro atoms. The molecule has 0 fully saturated rings. The van der Waals surface area contributed by atoms with Gasteiger partial charge in [0.1, 0.15) is 5.16 Å². The van der Waals surface area contributed by atoms with Gasteiger partial charge in [0.05, 0.1) is 5.70 Å². The van der Waals surface area contributed by atoms with Crippen LogP contribution >= 0.6 is 11.6 Å². The van der Waals surface area contributed by atoms with Crippen molar-refractivity contribution in [1.82, 2.24) is 10.9 Å². The number of hydrogen-bond donors (Lipinski definition) is 2. The van der Waals surface area contributed by atoms with E-state index < -0.39 is 0 Å². The highest BCUT2D eigenvalue weighted by Crippen LogP contribution is 2.02. The molecule has 0 bridgehead atoms. The molecule has 2 nitrogen and oxygen atoms in total. The molecule has 0 aromatic heterocycles. The zero-order valence-electron chi connectivity index (χ0n) is 4.82. The first kappa shape index (κ1) is 6.23. The predicted molar refractivity (Wildman–Crippen MR) is 38.5 cm³/mol. The summed E-state index contributed by atoms with van der Waals surface area (Å²) in [5.74, 6) is 0. The van der Waals surface area contributed by atoms with Gasteiger partial charge in [0, 0.05) is 0 Å². The normalized spacial score (nSPS) is 16.6. The number of allylic oxidation sites excluding steroid dienone is 3. The van der Waals surface area contributed by atoms with Crippen molar-refractivity contribution in [1.29, 1.82) is 0 Å². The summed E-state index contributed by atoms with van der Waals surface area (Å²) in [6, 6.07) is 0. The van der Waals surface area contributed by atoms with Gasteiger partial charge in [-0.3, -0.25) is 5.43 Å². The van der Waals surface area contributed by atoms with Crippen LogP contribution in [-0.4, -0.2) is 0 Å². The van der Waals surface area contributed by atoms with E-state index in [1.165, 1.54) is 0 Å². The van der Waals surface area contributed by atoms with Crippen LogP contribution in [0.4, 0.5) is 0 Å². The largest absolute Gasteiger partial charge is 0.300 e. The summed E-state index contributed by atoms with van der Waals surface area (Å²) in [4.78, 5) is 0. The number of hydrazine groups is 1. The van der Waals surface area contributed by atoms with E-state index in [9.17, 15) is 0 Å². The number of rotatable bonds is 1. The van der Waals surface area contributed by atoms with E-state index in [2.05, 4.69) is 17.4 Å². The van der Waals surface area contributed by atoms with Crippen LogP contribution in [0, 0.1) is 0 Å². The van der Waals surface area contributed by atoms with E-state index >= 15 is 0 Å². The molecule has 0 atom stereocenters. The maximum Gasteiger partial charge on any atom is 0.120 e. The molecule has 0 aromatic rings. The Bertz CT molecular complexity index is 181. The average molecular weight is 143 g/mol. The van der Waals surface area contributed by atoms with Crippen molar-refractivity contribution < 1.29 is 0 Å². The molecule has 9 heavy (non-hydrogen) atoms. The van der Waals surface area contributed by atoms with E-state index in [1.807, 2.05) is 6.08 Å². The van der Waals surface area contributed by atoms with Gasteiger partial charge >= 0.3 is 0 Å². The third kappa shape index (κ3) is 1.50. The van der Waals surface area contributed by atoms with Gasteiger partial charge in [0.15, 0.2) is 0 Å². The zero-order valence-corrected chi connectivity index (χ0v) is 5.57. The van der Waals surface area contributed by atoms with Crippen LogP contribution in [0.2, 0.25) is 0 Å². The molecule has 0 aromatic carbocycles. The molecule has 0 aliphatic carbocycles. The Morgan fingerprint density at radius 3 is 2.67 bits per heavy atom. The molecular weight excluding hydrogens is 136 g/mol. The van der Waals surface area contributed by atoms with Gasteiger partial charge in [-0.1, -0.05) is 18.2 Å². The van der Waals surface area contributed by atoms with Gasteiger partial charge in [-0.2, -0.15) is 0 Å². The van der Waals surface area contributed by atoms with Crippen molar-refractivity contribution in [3.8, 4) is 0 Å². The third-order valence-corrected chi connectivity index (χ3v) is 1.18. The number of nitrogens with one attached hydrogen (secondary N) is 2. The predicted octanol–water partition coefficient (Wildman–Crippen LogP) is 1.24. The third-order valence-electron chi connectivity index (χ3n) is 0.955. The molecule has 0 amide bonds. The molecule has 48 valence electrons. The molecule has 0 saturated carbocycles.